The van der Waals surface area contributed by atoms with Gasteiger partial charge >= 0.3 is 0 Å². The van der Waals surface area contributed by atoms with Crippen LogP contribution in [0.25, 0.3) is 0 Å². The van der Waals surface area contributed by atoms with Crippen LogP contribution in [-0.4, -0.2) is 43.7 Å². The Labute approximate surface area is 152 Å². The van der Waals surface area contributed by atoms with Gasteiger partial charge in [0.25, 0.3) is 0 Å². The number of carbonyl (C=O) groups is 2. The number of methoxy groups -OCH3 is 2. The van der Waals surface area contributed by atoms with Crippen molar-refractivity contribution in [2.45, 2.75) is 13.0 Å². The summed E-state index contributed by atoms with van der Waals surface area (Å²) in [6.07, 6.45) is 4.09. The minimum Gasteiger partial charge on any atom is -0.497 e. The zero-order chi connectivity index (χ0) is 18.5. The molecule has 7 heteroatoms. The van der Waals surface area contributed by atoms with E-state index in [2.05, 4.69) is 5.32 Å². The minimum atomic E-state index is -0.362. The lowest BCUT2D eigenvalue weighted by Crippen LogP contribution is -2.34. The minimum absolute atomic E-state index is 0.0842. The number of carbonyl (C=O) groups excluding carboxylic acids is 2. The number of rotatable bonds is 7. The van der Waals surface area contributed by atoms with Crippen molar-refractivity contribution in [2.24, 2.45) is 5.92 Å². The fourth-order valence-corrected chi connectivity index (χ4v) is 3.10. The van der Waals surface area contributed by atoms with Crippen LogP contribution in [0.15, 0.2) is 42.7 Å². The quantitative estimate of drug-likeness (QED) is 0.818. The van der Waals surface area contributed by atoms with Crippen LogP contribution in [0.4, 0.5) is 5.69 Å². The molecule has 2 amide bonds. The predicted octanol–water partition coefficient (Wildman–Crippen LogP) is 1.67. The van der Waals surface area contributed by atoms with Gasteiger partial charge in [-0.3, -0.25) is 9.59 Å². The summed E-state index contributed by atoms with van der Waals surface area (Å²) in [6.45, 7) is 1.58. The number of hydrogen-bond acceptors (Lipinski definition) is 4. The van der Waals surface area contributed by atoms with Crippen LogP contribution in [0.5, 0.6) is 11.5 Å². The van der Waals surface area contributed by atoms with Gasteiger partial charge in [-0.25, -0.2) is 0 Å². The first-order chi connectivity index (χ1) is 12.6. The van der Waals surface area contributed by atoms with Gasteiger partial charge in [0.2, 0.25) is 11.8 Å². The van der Waals surface area contributed by atoms with Crippen LogP contribution >= 0.6 is 0 Å². The number of hydrogen-bond donors (Lipinski definition) is 1. The molecule has 3 rings (SSSR count). The second kappa shape index (κ2) is 7.95. The summed E-state index contributed by atoms with van der Waals surface area (Å²) in [7, 11) is 3.12. The van der Waals surface area contributed by atoms with E-state index in [-0.39, 0.29) is 24.2 Å². The van der Waals surface area contributed by atoms with Crippen molar-refractivity contribution in [3.05, 3.63) is 42.7 Å². The third-order valence-electron chi connectivity index (χ3n) is 4.51. The zero-order valence-corrected chi connectivity index (χ0v) is 15.0. The predicted molar refractivity (Wildman–Crippen MR) is 97.4 cm³/mol. The Morgan fingerprint density at radius 3 is 2.69 bits per heavy atom. The first-order valence-electron chi connectivity index (χ1n) is 8.53. The summed E-state index contributed by atoms with van der Waals surface area (Å²) in [5.74, 6) is 0.654. The fourth-order valence-electron chi connectivity index (χ4n) is 3.10. The Morgan fingerprint density at radius 1 is 1.23 bits per heavy atom. The molecule has 7 nitrogen and oxygen atoms in total. The van der Waals surface area contributed by atoms with Crippen molar-refractivity contribution < 1.29 is 19.1 Å². The molecule has 0 unspecified atom stereocenters. The molecule has 0 aliphatic carbocycles. The maximum Gasteiger partial charge on any atom is 0.227 e. The monoisotopic (exact) mass is 357 g/mol. The Morgan fingerprint density at radius 2 is 2.00 bits per heavy atom. The molecule has 1 aliphatic rings. The van der Waals surface area contributed by atoms with E-state index in [0.29, 0.717) is 36.8 Å². The highest BCUT2D eigenvalue weighted by Crippen LogP contribution is 2.35. The van der Waals surface area contributed by atoms with Crippen LogP contribution < -0.4 is 19.7 Å². The molecule has 0 saturated carbocycles. The number of ether oxygens (including phenoxy) is 2. The van der Waals surface area contributed by atoms with Crippen molar-refractivity contribution in [3.8, 4) is 11.5 Å². The van der Waals surface area contributed by atoms with E-state index in [9.17, 15) is 9.59 Å². The molecule has 138 valence electrons. The van der Waals surface area contributed by atoms with Crippen molar-refractivity contribution in [3.63, 3.8) is 0 Å². The molecule has 1 atom stereocenters. The number of aromatic nitrogens is 1. The maximum absolute atomic E-state index is 12.4. The molecule has 1 aromatic carbocycles. The van der Waals surface area contributed by atoms with E-state index in [1.807, 2.05) is 29.1 Å². The van der Waals surface area contributed by atoms with Crippen LogP contribution in [0.2, 0.25) is 0 Å². The molecular formula is C19H23N3O4. The molecule has 26 heavy (non-hydrogen) atoms. The zero-order valence-electron chi connectivity index (χ0n) is 15.0. The molecule has 0 spiro atoms. The largest absolute Gasteiger partial charge is 0.497 e. The Hall–Kier alpha value is -2.96. The van der Waals surface area contributed by atoms with Crippen LogP contribution in [0.3, 0.4) is 0 Å². The molecule has 2 aromatic rings. The van der Waals surface area contributed by atoms with Gasteiger partial charge < -0.3 is 24.3 Å². The van der Waals surface area contributed by atoms with E-state index < -0.39 is 0 Å². The molecular weight excluding hydrogens is 334 g/mol. The molecule has 2 heterocycles. The lowest BCUT2D eigenvalue weighted by atomic mass is 10.1. The first-order valence-corrected chi connectivity index (χ1v) is 8.53. The average Bonchev–Trinajstić information content (AvgIpc) is 3.30. The lowest BCUT2D eigenvalue weighted by Gasteiger charge is -2.20. The summed E-state index contributed by atoms with van der Waals surface area (Å²) in [6, 6.07) is 9.17. The van der Waals surface area contributed by atoms with Crippen LogP contribution in [0.1, 0.15) is 6.42 Å². The number of nitrogens with zero attached hydrogens (tertiary/aromatic N) is 2. The second-order valence-electron chi connectivity index (χ2n) is 6.16. The first kappa shape index (κ1) is 17.8. The summed E-state index contributed by atoms with van der Waals surface area (Å²) >= 11 is 0. The molecule has 1 aliphatic heterocycles. The fraction of sp³-hybridized carbons (Fsp3) is 0.368. The summed E-state index contributed by atoms with van der Waals surface area (Å²) < 4.78 is 12.6. The number of benzene rings is 1. The van der Waals surface area contributed by atoms with Gasteiger partial charge in [0.05, 0.1) is 25.8 Å². The molecule has 1 saturated heterocycles. The Balaban J connectivity index is 1.62. The van der Waals surface area contributed by atoms with Gasteiger partial charge in [0.1, 0.15) is 11.5 Å². The molecule has 1 fully saturated rings. The van der Waals surface area contributed by atoms with E-state index in [1.165, 1.54) is 0 Å². The highest BCUT2D eigenvalue weighted by atomic mass is 16.5. The summed E-state index contributed by atoms with van der Waals surface area (Å²) in [5, 5.41) is 2.91. The van der Waals surface area contributed by atoms with E-state index in [1.54, 1.807) is 37.3 Å². The Bertz CT molecular complexity index is 773. The highest BCUT2D eigenvalue weighted by molar-refractivity contribution is 6.01. The standard InChI is InChI=1S/C19H23N3O4/c1-25-15-5-6-16(17(12-15)26-2)22-13-14(11-18(22)23)19(24)20-7-10-21-8-3-4-9-21/h3-6,8-9,12,14H,7,10-11,13H2,1-2H3,(H,20,24)/t14-/m1/s1. The number of anilines is 1. The number of nitrogens with one attached hydrogen (secondary N) is 1. The third-order valence-corrected chi connectivity index (χ3v) is 4.51. The van der Waals surface area contributed by atoms with Gasteiger partial charge in [-0.1, -0.05) is 0 Å². The second-order valence-corrected chi connectivity index (χ2v) is 6.16. The number of amides is 2. The smallest absolute Gasteiger partial charge is 0.227 e. The SMILES string of the molecule is COc1ccc(N2C[C@H](C(=O)NCCn3cccc3)CC2=O)c(OC)c1. The van der Waals surface area contributed by atoms with Gasteiger partial charge in [0, 0.05) is 44.5 Å². The molecule has 0 bridgehead atoms. The normalized spacial score (nSPS) is 16.6. The molecule has 1 aromatic heterocycles. The van der Waals surface area contributed by atoms with Gasteiger partial charge in [-0.05, 0) is 24.3 Å². The van der Waals surface area contributed by atoms with Gasteiger partial charge in [-0.15, -0.1) is 0 Å². The maximum atomic E-state index is 12.4. The third kappa shape index (κ3) is 3.82. The summed E-state index contributed by atoms with van der Waals surface area (Å²) in [4.78, 5) is 26.4. The topological polar surface area (TPSA) is 72.8 Å². The van der Waals surface area contributed by atoms with Crippen molar-refractivity contribution in [2.75, 3.05) is 32.2 Å². The van der Waals surface area contributed by atoms with Crippen molar-refractivity contribution in [1.29, 1.82) is 0 Å². The highest BCUT2D eigenvalue weighted by Gasteiger charge is 2.36. The van der Waals surface area contributed by atoms with E-state index in [0.717, 1.165) is 0 Å². The van der Waals surface area contributed by atoms with Crippen molar-refractivity contribution >= 4 is 17.5 Å². The van der Waals surface area contributed by atoms with E-state index in [4.69, 9.17) is 9.47 Å². The van der Waals surface area contributed by atoms with Crippen LogP contribution in [0, 0.1) is 5.92 Å². The van der Waals surface area contributed by atoms with Crippen molar-refractivity contribution in [1.82, 2.24) is 9.88 Å². The van der Waals surface area contributed by atoms with E-state index >= 15 is 0 Å². The lowest BCUT2D eigenvalue weighted by molar-refractivity contribution is -0.126. The molecule has 0 radical (unpaired) electrons. The summed E-state index contributed by atoms with van der Waals surface area (Å²) in [5.41, 5.74) is 0.654. The Kier molecular flexibility index (Phi) is 5.46. The van der Waals surface area contributed by atoms with Gasteiger partial charge in [0.15, 0.2) is 0 Å². The van der Waals surface area contributed by atoms with Gasteiger partial charge in [-0.2, -0.15) is 0 Å². The average molecular weight is 357 g/mol. The molecule has 1 N–H and O–H groups in total. The van der Waals surface area contributed by atoms with Crippen LogP contribution in [-0.2, 0) is 16.1 Å².